The van der Waals surface area contributed by atoms with Crippen LogP contribution in [0.4, 0.5) is 0 Å². The Morgan fingerprint density at radius 1 is 1.05 bits per heavy atom. The second-order valence-electron chi connectivity index (χ2n) is 3.99. The predicted octanol–water partition coefficient (Wildman–Crippen LogP) is 0.0354. The van der Waals surface area contributed by atoms with Crippen LogP contribution in [-0.4, -0.2) is 44.4 Å². The van der Waals surface area contributed by atoms with Gasteiger partial charge in [-0.15, -0.1) is 0 Å². The van der Waals surface area contributed by atoms with Crippen LogP contribution >= 0.6 is 0 Å². The number of aromatic hydroxyl groups is 1. The Morgan fingerprint density at radius 3 is 2.10 bits per heavy atom. The lowest BCUT2D eigenvalue weighted by Gasteiger charge is -2.20. The molecule has 1 aromatic carbocycles. The van der Waals surface area contributed by atoms with E-state index in [2.05, 4.69) is 5.32 Å². The van der Waals surface area contributed by atoms with Gasteiger partial charge in [0.25, 0.3) is 0 Å². The number of rotatable bonds is 7. The third-order valence-electron chi connectivity index (χ3n) is 2.54. The standard InChI is InChI=1S/C12H13NO7/c14-8-4-2-1-3-6(8)10(12(19)20)13-7(11(17)18)5-9(15)16/h1-4,7,10,13-14H,5H2,(H,15,16)(H,17,18)(H,19,20). The van der Waals surface area contributed by atoms with Crippen molar-refractivity contribution in [1.29, 1.82) is 0 Å². The number of carboxylic acid groups (broad SMARTS) is 3. The molecule has 2 atom stereocenters. The molecular weight excluding hydrogens is 270 g/mol. The molecule has 0 aliphatic rings. The fourth-order valence-corrected chi connectivity index (χ4v) is 1.62. The van der Waals surface area contributed by atoms with Gasteiger partial charge in [-0.25, -0.2) is 0 Å². The first-order valence-corrected chi connectivity index (χ1v) is 5.54. The predicted molar refractivity (Wildman–Crippen MR) is 65.3 cm³/mol. The molecule has 1 rings (SSSR count). The minimum atomic E-state index is -1.59. The van der Waals surface area contributed by atoms with Crippen molar-refractivity contribution in [1.82, 2.24) is 5.32 Å². The number of carbonyl (C=O) groups is 3. The van der Waals surface area contributed by atoms with Crippen molar-refractivity contribution < 1.29 is 34.8 Å². The van der Waals surface area contributed by atoms with Crippen molar-refractivity contribution in [2.75, 3.05) is 0 Å². The average molecular weight is 283 g/mol. The lowest BCUT2D eigenvalue weighted by atomic mass is 10.0. The number of phenolic OH excluding ortho intramolecular Hbond substituents is 1. The monoisotopic (exact) mass is 283 g/mol. The van der Waals surface area contributed by atoms with Gasteiger partial charge in [0.15, 0.2) is 0 Å². The van der Waals surface area contributed by atoms with Crippen LogP contribution in [0.25, 0.3) is 0 Å². The van der Waals surface area contributed by atoms with Gasteiger partial charge in [-0.3, -0.25) is 19.7 Å². The maximum Gasteiger partial charge on any atom is 0.325 e. The Morgan fingerprint density at radius 2 is 1.65 bits per heavy atom. The van der Waals surface area contributed by atoms with E-state index in [0.29, 0.717) is 0 Å². The molecule has 8 heteroatoms. The Balaban J connectivity index is 3.03. The summed E-state index contributed by atoms with van der Waals surface area (Å²) in [4.78, 5) is 32.7. The summed E-state index contributed by atoms with van der Waals surface area (Å²) >= 11 is 0. The first kappa shape index (κ1) is 15.4. The fraction of sp³-hybridized carbons (Fsp3) is 0.250. The summed E-state index contributed by atoms with van der Waals surface area (Å²) in [6.45, 7) is 0. The molecule has 0 radical (unpaired) electrons. The molecule has 0 spiro atoms. The van der Waals surface area contributed by atoms with Gasteiger partial charge in [0, 0.05) is 5.56 Å². The van der Waals surface area contributed by atoms with Crippen LogP contribution < -0.4 is 5.32 Å². The molecule has 0 amide bonds. The van der Waals surface area contributed by atoms with Gasteiger partial charge in [-0.1, -0.05) is 18.2 Å². The van der Waals surface area contributed by atoms with Crippen molar-refractivity contribution in [3.8, 4) is 5.75 Å². The topological polar surface area (TPSA) is 144 Å². The van der Waals surface area contributed by atoms with E-state index in [4.69, 9.17) is 15.3 Å². The van der Waals surface area contributed by atoms with Gasteiger partial charge < -0.3 is 20.4 Å². The molecule has 0 aliphatic carbocycles. The molecule has 0 heterocycles. The zero-order valence-electron chi connectivity index (χ0n) is 10.2. The van der Waals surface area contributed by atoms with Crippen LogP contribution in [0.2, 0.25) is 0 Å². The van der Waals surface area contributed by atoms with Crippen molar-refractivity contribution in [2.45, 2.75) is 18.5 Å². The smallest absolute Gasteiger partial charge is 0.325 e. The minimum Gasteiger partial charge on any atom is -0.508 e. The molecule has 0 saturated carbocycles. The third kappa shape index (κ3) is 3.95. The summed E-state index contributed by atoms with van der Waals surface area (Å²) in [6, 6.07) is 2.38. The molecule has 0 aromatic heterocycles. The first-order chi connectivity index (χ1) is 9.32. The Bertz CT molecular complexity index is 528. The molecule has 20 heavy (non-hydrogen) atoms. The van der Waals surface area contributed by atoms with Crippen molar-refractivity contribution in [3.63, 3.8) is 0 Å². The Hall–Kier alpha value is -2.61. The lowest BCUT2D eigenvalue weighted by Crippen LogP contribution is -2.43. The van der Waals surface area contributed by atoms with Crippen molar-refractivity contribution in [3.05, 3.63) is 29.8 Å². The van der Waals surface area contributed by atoms with E-state index in [1.807, 2.05) is 0 Å². The zero-order chi connectivity index (χ0) is 15.3. The normalized spacial score (nSPS) is 13.4. The van der Waals surface area contributed by atoms with E-state index in [-0.39, 0.29) is 11.3 Å². The third-order valence-corrected chi connectivity index (χ3v) is 2.54. The van der Waals surface area contributed by atoms with Gasteiger partial charge in [0.1, 0.15) is 17.8 Å². The molecule has 5 N–H and O–H groups in total. The second-order valence-corrected chi connectivity index (χ2v) is 3.99. The molecule has 0 aliphatic heterocycles. The maximum atomic E-state index is 11.2. The number of phenols is 1. The molecule has 0 saturated heterocycles. The van der Waals surface area contributed by atoms with E-state index >= 15 is 0 Å². The summed E-state index contributed by atoms with van der Waals surface area (Å²) in [5.41, 5.74) is -0.0448. The maximum absolute atomic E-state index is 11.2. The molecule has 8 nitrogen and oxygen atoms in total. The molecule has 1 aromatic rings. The van der Waals surface area contributed by atoms with Gasteiger partial charge >= 0.3 is 17.9 Å². The number of benzene rings is 1. The van der Waals surface area contributed by atoms with E-state index in [0.717, 1.165) is 0 Å². The summed E-state index contributed by atoms with van der Waals surface area (Å²) < 4.78 is 0. The van der Waals surface area contributed by atoms with E-state index in [1.54, 1.807) is 0 Å². The number of aliphatic carboxylic acids is 3. The van der Waals surface area contributed by atoms with Crippen LogP contribution in [0.5, 0.6) is 5.75 Å². The number of hydrogen-bond donors (Lipinski definition) is 5. The fourth-order valence-electron chi connectivity index (χ4n) is 1.62. The number of carboxylic acids is 3. The van der Waals surface area contributed by atoms with Crippen LogP contribution in [0.1, 0.15) is 18.0 Å². The molecule has 108 valence electrons. The Kier molecular flexibility index (Phi) is 5.04. The molecule has 2 unspecified atom stereocenters. The van der Waals surface area contributed by atoms with Gasteiger partial charge in [0.05, 0.1) is 6.42 Å². The van der Waals surface area contributed by atoms with Crippen LogP contribution in [0, 0.1) is 0 Å². The van der Waals surface area contributed by atoms with Gasteiger partial charge in [-0.2, -0.15) is 0 Å². The van der Waals surface area contributed by atoms with Crippen molar-refractivity contribution >= 4 is 17.9 Å². The number of nitrogens with one attached hydrogen (secondary N) is 1. The molecule has 0 bridgehead atoms. The van der Waals surface area contributed by atoms with E-state index < -0.39 is 36.4 Å². The highest BCUT2D eigenvalue weighted by atomic mass is 16.4. The first-order valence-electron chi connectivity index (χ1n) is 5.54. The zero-order valence-corrected chi connectivity index (χ0v) is 10.2. The largest absolute Gasteiger partial charge is 0.508 e. The summed E-state index contributed by atoms with van der Waals surface area (Å²) in [5, 5.41) is 38.4. The van der Waals surface area contributed by atoms with Gasteiger partial charge in [0.2, 0.25) is 0 Å². The van der Waals surface area contributed by atoms with Crippen LogP contribution in [-0.2, 0) is 14.4 Å². The average Bonchev–Trinajstić information content (AvgIpc) is 2.34. The van der Waals surface area contributed by atoms with Crippen molar-refractivity contribution in [2.24, 2.45) is 0 Å². The highest BCUT2D eigenvalue weighted by Gasteiger charge is 2.30. The summed E-state index contributed by atoms with van der Waals surface area (Å²) in [6.07, 6.45) is -0.785. The Labute approximate surface area is 113 Å². The SMILES string of the molecule is O=C(O)CC(NC(C(=O)O)c1ccccc1O)C(=O)O. The van der Waals surface area contributed by atoms with E-state index in [9.17, 15) is 19.5 Å². The molecule has 0 fully saturated rings. The second kappa shape index (κ2) is 6.53. The summed E-state index contributed by atoms with van der Waals surface area (Å²) in [5.74, 6) is -4.63. The van der Waals surface area contributed by atoms with Crippen LogP contribution in [0.3, 0.4) is 0 Å². The molecular formula is C12H13NO7. The minimum absolute atomic E-state index is 0.0448. The lowest BCUT2D eigenvalue weighted by molar-refractivity contribution is -0.147. The summed E-state index contributed by atoms with van der Waals surface area (Å²) in [7, 11) is 0. The number of para-hydroxylation sites is 1. The van der Waals surface area contributed by atoms with Crippen LogP contribution in [0.15, 0.2) is 24.3 Å². The highest BCUT2D eigenvalue weighted by Crippen LogP contribution is 2.24. The van der Waals surface area contributed by atoms with E-state index in [1.165, 1.54) is 24.3 Å². The number of hydrogen-bond acceptors (Lipinski definition) is 5. The quantitative estimate of drug-likeness (QED) is 0.471. The van der Waals surface area contributed by atoms with Gasteiger partial charge in [-0.05, 0) is 6.07 Å². The highest BCUT2D eigenvalue weighted by molar-refractivity contribution is 5.82.